The molecule has 0 aliphatic heterocycles. The van der Waals surface area contributed by atoms with Gasteiger partial charge in [0.05, 0.1) is 5.56 Å². The Kier molecular flexibility index (Phi) is 5.76. The largest absolute Gasteiger partial charge is 0.352 e. The zero-order valence-electron chi connectivity index (χ0n) is 11.6. The van der Waals surface area contributed by atoms with E-state index in [2.05, 4.69) is 45.3 Å². The molecule has 1 N–H and O–H groups in total. The van der Waals surface area contributed by atoms with E-state index in [1.165, 1.54) is 5.56 Å². The molecular formula is C16H16BrClN2O. The van der Waals surface area contributed by atoms with Crippen LogP contribution in [0.3, 0.4) is 0 Å². The number of carbonyl (C=O) groups is 1. The number of benzene rings is 1. The van der Waals surface area contributed by atoms with Crippen molar-refractivity contribution in [2.45, 2.75) is 19.3 Å². The highest BCUT2D eigenvalue weighted by molar-refractivity contribution is 9.10. The maximum atomic E-state index is 12.1. The van der Waals surface area contributed by atoms with Gasteiger partial charge in [-0.15, -0.1) is 0 Å². The number of halogens is 2. The second kappa shape index (κ2) is 7.57. The van der Waals surface area contributed by atoms with Gasteiger partial charge in [-0.2, -0.15) is 0 Å². The van der Waals surface area contributed by atoms with E-state index in [1.807, 2.05) is 18.2 Å². The molecule has 0 radical (unpaired) electrons. The van der Waals surface area contributed by atoms with Gasteiger partial charge in [-0.05, 0) is 39.9 Å². The topological polar surface area (TPSA) is 42.0 Å². The molecule has 1 heterocycles. The molecule has 0 fully saturated rings. The predicted molar refractivity (Wildman–Crippen MR) is 88.8 cm³/mol. The van der Waals surface area contributed by atoms with Gasteiger partial charge in [-0.1, -0.05) is 48.9 Å². The van der Waals surface area contributed by atoms with E-state index < -0.39 is 0 Å². The Morgan fingerprint density at radius 1 is 1.38 bits per heavy atom. The van der Waals surface area contributed by atoms with Crippen molar-refractivity contribution in [3.8, 4) is 0 Å². The van der Waals surface area contributed by atoms with E-state index >= 15 is 0 Å². The van der Waals surface area contributed by atoms with Gasteiger partial charge >= 0.3 is 0 Å². The zero-order chi connectivity index (χ0) is 15.2. The molecule has 0 aliphatic rings. The van der Waals surface area contributed by atoms with Crippen molar-refractivity contribution in [3.05, 3.63) is 63.3 Å². The average molecular weight is 368 g/mol. The molecule has 1 amide bonds. The van der Waals surface area contributed by atoms with Crippen LogP contribution in [0, 0.1) is 0 Å². The molecule has 0 bridgehead atoms. The van der Waals surface area contributed by atoms with Gasteiger partial charge in [-0.3, -0.25) is 4.79 Å². The molecule has 0 saturated carbocycles. The Morgan fingerprint density at radius 3 is 2.81 bits per heavy atom. The molecule has 1 aromatic heterocycles. The minimum Gasteiger partial charge on any atom is -0.352 e. The summed E-state index contributed by atoms with van der Waals surface area (Å²) in [5.74, 6) is 0.191. The number of hydrogen-bond donors (Lipinski definition) is 1. The first-order chi connectivity index (χ1) is 10.1. The first-order valence-electron chi connectivity index (χ1n) is 6.72. The maximum Gasteiger partial charge on any atom is 0.254 e. The summed E-state index contributed by atoms with van der Waals surface area (Å²) in [6.07, 6.45) is 2.44. The molecule has 1 atom stereocenters. The summed E-state index contributed by atoms with van der Waals surface area (Å²) < 4.78 is 0.731. The van der Waals surface area contributed by atoms with Gasteiger partial charge in [0.2, 0.25) is 0 Å². The van der Waals surface area contributed by atoms with E-state index in [9.17, 15) is 4.79 Å². The number of aromatic nitrogens is 1. The van der Waals surface area contributed by atoms with Crippen LogP contribution < -0.4 is 5.32 Å². The van der Waals surface area contributed by atoms with Crippen LogP contribution in [0.4, 0.5) is 0 Å². The number of nitrogens with zero attached hydrogens (tertiary/aromatic N) is 1. The average Bonchev–Trinajstić information content (AvgIpc) is 2.50. The van der Waals surface area contributed by atoms with E-state index in [4.69, 9.17) is 11.6 Å². The van der Waals surface area contributed by atoms with Crippen molar-refractivity contribution in [1.82, 2.24) is 10.3 Å². The van der Waals surface area contributed by atoms with Crippen LogP contribution in [0.15, 0.2) is 47.1 Å². The lowest BCUT2D eigenvalue weighted by atomic mass is 9.98. The van der Waals surface area contributed by atoms with Gasteiger partial charge in [0, 0.05) is 17.2 Å². The summed E-state index contributed by atoms with van der Waals surface area (Å²) in [5, 5.41) is 3.10. The van der Waals surface area contributed by atoms with Crippen LogP contribution in [-0.4, -0.2) is 17.4 Å². The van der Waals surface area contributed by atoms with Gasteiger partial charge in [-0.25, -0.2) is 4.98 Å². The van der Waals surface area contributed by atoms with Crippen molar-refractivity contribution >= 4 is 33.4 Å². The molecule has 5 heteroatoms. The Morgan fingerprint density at radius 2 is 2.10 bits per heavy atom. The third kappa shape index (κ3) is 4.55. The van der Waals surface area contributed by atoms with Crippen molar-refractivity contribution in [1.29, 1.82) is 0 Å². The standard InChI is InChI=1S/C16H16BrClN2O/c1-11(12-5-3-2-4-6-12)7-8-19-16(21)14-9-13(17)10-20-15(14)18/h2-6,9-11H,7-8H2,1H3,(H,19,21). The lowest BCUT2D eigenvalue weighted by Gasteiger charge is -2.12. The summed E-state index contributed by atoms with van der Waals surface area (Å²) >= 11 is 9.22. The Labute approximate surface area is 137 Å². The van der Waals surface area contributed by atoms with Crippen molar-refractivity contribution in [2.75, 3.05) is 6.54 Å². The number of nitrogens with one attached hydrogen (secondary N) is 1. The van der Waals surface area contributed by atoms with Crippen LogP contribution >= 0.6 is 27.5 Å². The molecule has 2 rings (SSSR count). The van der Waals surface area contributed by atoms with Crippen molar-refractivity contribution in [3.63, 3.8) is 0 Å². The number of rotatable bonds is 5. The van der Waals surface area contributed by atoms with Gasteiger partial charge in [0.15, 0.2) is 0 Å². The fourth-order valence-corrected chi connectivity index (χ4v) is 2.55. The van der Waals surface area contributed by atoms with Crippen molar-refractivity contribution in [2.24, 2.45) is 0 Å². The van der Waals surface area contributed by atoms with E-state index in [0.717, 1.165) is 10.9 Å². The van der Waals surface area contributed by atoms with Gasteiger partial charge in [0.25, 0.3) is 5.91 Å². The molecule has 1 unspecified atom stereocenters. The third-order valence-corrected chi connectivity index (χ3v) is 4.02. The number of carbonyl (C=O) groups excluding carboxylic acids is 1. The lowest BCUT2D eigenvalue weighted by Crippen LogP contribution is -2.25. The zero-order valence-corrected chi connectivity index (χ0v) is 14.0. The number of amides is 1. The molecule has 0 aliphatic carbocycles. The Bertz CT molecular complexity index is 619. The molecule has 110 valence electrons. The normalized spacial score (nSPS) is 12.0. The molecule has 21 heavy (non-hydrogen) atoms. The second-order valence-corrected chi connectivity index (χ2v) is 6.12. The van der Waals surface area contributed by atoms with Gasteiger partial charge in [0.1, 0.15) is 5.15 Å². The van der Waals surface area contributed by atoms with Gasteiger partial charge < -0.3 is 5.32 Å². The third-order valence-electron chi connectivity index (χ3n) is 3.28. The smallest absolute Gasteiger partial charge is 0.254 e. The predicted octanol–water partition coefficient (Wildman–Crippen LogP) is 4.42. The quantitative estimate of drug-likeness (QED) is 0.795. The number of hydrogen-bond acceptors (Lipinski definition) is 2. The highest BCUT2D eigenvalue weighted by atomic mass is 79.9. The lowest BCUT2D eigenvalue weighted by molar-refractivity contribution is 0.0952. The summed E-state index contributed by atoms with van der Waals surface area (Å²) in [7, 11) is 0. The molecule has 0 saturated heterocycles. The van der Waals surface area contributed by atoms with Crippen molar-refractivity contribution < 1.29 is 4.79 Å². The van der Waals surface area contributed by atoms with Crippen LogP contribution in [0.1, 0.15) is 35.2 Å². The molecule has 0 spiro atoms. The minimum atomic E-state index is -0.200. The first-order valence-corrected chi connectivity index (χ1v) is 7.89. The summed E-state index contributed by atoms with van der Waals surface area (Å²) in [5.41, 5.74) is 1.66. The SMILES string of the molecule is CC(CCNC(=O)c1cc(Br)cnc1Cl)c1ccccc1. The van der Waals surface area contributed by atoms with Crippen LogP contribution in [-0.2, 0) is 0 Å². The first kappa shape index (κ1) is 16.0. The summed E-state index contributed by atoms with van der Waals surface area (Å²) in [6.45, 7) is 2.74. The summed E-state index contributed by atoms with van der Waals surface area (Å²) in [6, 6.07) is 11.9. The second-order valence-electron chi connectivity index (χ2n) is 4.85. The molecule has 1 aromatic carbocycles. The van der Waals surface area contributed by atoms with Crippen LogP contribution in [0.5, 0.6) is 0 Å². The monoisotopic (exact) mass is 366 g/mol. The molecular weight excluding hydrogens is 352 g/mol. The fourth-order valence-electron chi connectivity index (χ4n) is 2.03. The van der Waals surface area contributed by atoms with Crippen LogP contribution in [0.25, 0.3) is 0 Å². The molecule has 3 nitrogen and oxygen atoms in total. The maximum absolute atomic E-state index is 12.1. The Hall–Kier alpha value is -1.39. The fraction of sp³-hybridized carbons (Fsp3) is 0.250. The highest BCUT2D eigenvalue weighted by Gasteiger charge is 2.12. The minimum absolute atomic E-state index is 0.200. The number of pyridine rings is 1. The molecule has 2 aromatic rings. The van der Waals surface area contributed by atoms with E-state index in [-0.39, 0.29) is 11.1 Å². The Balaban J connectivity index is 1.88. The van der Waals surface area contributed by atoms with E-state index in [0.29, 0.717) is 18.0 Å². The van der Waals surface area contributed by atoms with Crippen LogP contribution in [0.2, 0.25) is 5.15 Å². The summed E-state index contributed by atoms with van der Waals surface area (Å²) in [4.78, 5) is 16.0. The van der Waals surface area contributed by atoms with E-state index in [1.54, 1.807) is 12.3 Å². The highest BCUT2D eigenvalue weighted by Crippen LogP contribution is 2.19.